The molecule has 3 aromatic carbocycles. The van der Waals surface area contributed by atoms with Crippen molar-refractivity contribution < 1.29 is 14.2 Å². The highest BCUT2D eigenvalue weighted by molar-refractivity contribution is 5.54. The molecular weight excluding hydrogens is 410 g/mol. The molecule has 4 heteroatoms. The third kappa shape index (κ3) is 5.39. The Balaban J connectivity index is 1.62. The van der Waals surface area contributed by atoms with Crippen LogP contribution in [-0.2, 0) is 22.6 Å². The van der Waals surface area contributed by atoms with Gasteiger partial charge < -0.3 is 19.5 Å². The molecule has 2 atom stereocenters. The summed E-state index contributed by atoms with van der Waals surface area (Å²) in [7, 11) is 0. The number of fused-ring (bicyclic) bond motifs is 1. The first-order chi connectivity index (χ1) is 16.0. The van der Waals surface area contributed by atoms with Crippen LogP contribution < -0.4 is 10.1 Å². The van der Waals surface area contributed by atoms with Gasteiger partial charge in [0.25, 0.3) is 0 Å². The van der Waals surface area contributed by atoms with Crippen molar-refractivity contribution in [3.63, 3.8) is 0 Å². The number of ether oxygens (including phenoxy) is 3. The van der Waals surface area contributed by atoms with Crippen LogP contribution in [0.15, 0.2) is 72.8 Å². The normalized spacial score (nSPS) is 18.6. The molecule has 170 valence electrons. The molecule has 0 amide bonds. The van der Waals surface area contributed by atoms with Gasteiger partial charge in [0, 0.05) is 17.8 Å². The standard InChI is InChI=1S/C29H31NO3/c1-5-17-31-28-27(32-20-22-12-7-6-8-13-22)25-18-24(15-16-26(25)33-29(28,3)4)30-19-23-14-10-9-11-21(23)2/h1,6-16,18,27-28,30H,17,19-20H2,2-4H3. The van der Waals surface area contributed by atoms with Crippen LogP contribution >= 0.6 is 0 Å². The second-order valence-electron chi connectivity index (χ2n) is 8.89. The fraction of sp³-hybridized carbons (Fsp3) is 0.310. The number of hydrogen-bond donors (Lipinski definition) is 1. The monoisotopic (exact) mass is 441 g/mol. The molecular formula is C29H31NO3. The van der Waals surface area contributed by atoms with Crippen molar-refractivity contribution in [3.8, 4) is 18.1 Å². The predicted molar refractivity (Wildman–Crippen MR) is 132 cm³/mol. The molecule has 0 bridgehead atoms. The van der Waals surface area contributed by atoms with Gasteiger partial charge in [0.15, 0.2) is 0 Å². The van der Waals surface area contributed by atoms with Crippen LogP contribution in [0.25, 0.3) is 0 Å². The average Bonchev–Trinajstić information content (AvgIpc) is 2.81. The Kier molecular flexibility index (Phi) is 7.03. The van der Waals surface area contributed by atoms with Crippen LogP contribution in [0.2, 0.25) is 0 Å². The molecule has 0 spiro atoms. The zero-order valence-electron chi connectivity index (χ0n) is 19.5. The third-order valence-corrected chi connectivity index (χ3v) is 6.01. The van der Waals surface area contributed by atoms with Gasteiger partial charge in [-0.05, 0) is 55.7 Å². The first-order valence-corrected chi connectivity index (χ1v) is 11.3. The number of hydrogen-bond acceptors (Lipinski definition) is 4. The van der Waals surface area contributed by atoms with Crippen LogP contribution in [0, 0.1) is 19.3 Å². The summed E-state index contributed by atoms with van der Waals surface area (Å²) in [5.41, 5.74) is 5.00. The van der Waals surface area contributed by atoms with Crippen LogP contribution in [-0.4, -0.2) is 18.3 Å². The number of terminal acetylenes is 1. The molecule has 3 aromatic rings. The van der Waals surface area contributed by atoms with E-state index in [1.54, 1.807) is 0 Å². The van der Waals surface area contributed by atoms with Gasteiger partial charge in [-0.2, -0.15) is 0 Å². The summed E-state index contributed by atoms with van der Waals surface area (Å²) in [5.74, 6) is 3.39. The Morgan fingerprint density at radius 3 is 2.52 bits per heavy atom. The van der Waals surface area contributed by atoms with Gasteiger partial charge in [0.05, 0.1) is 6.61 Å². The summed E-state index contributed by atoms with van der Waals surface area (Å²) in [6, 6.07) is 24.7. The second kappa shape index (κ2) is 10.1. The van der Waals surface area contributed by atoms with Crippen LogP contribution in [0.1, 0.15) is 42.2 Å². The van der Waals surface area contributed by atoms with E-state index >= 15 is 0 Å². The van der Waals surface area contributed by atoms with Crippen LogP contribution in [0.4, 0.5) is 5.69 Å². The predicted octanol–water partition coefficient (Wildman–Crippen LogP) is 6.05. The molecule has 2 unspecified atom stereocenters. The summed E-state index contributed by atoms with van der Waals surface area (Å²) < 4.78 is 18.9. The maximum atomic E-state index is 6.48. The highest BCUT2D eigenvalue weighted by Crippen LogP contribution is 2.44. The van der Waals surface area contributed by atoms with E-state index in [9.17, 15) is 0 Å². The Bertz CT molecular complexity index is 1120. The third-order valence-electron chi connectivity index (χ3n) is 6.01. The Labute approximate surface area is 196 Å². The number of benzene rings is 3. The highest BCUT2D eigenvalue weighted by atomic mass is 16.6. The lowest BCUT2D eigenvalue weighted by molar-refractivity contribution is -0.160. The summed E-state index contributed by atoms with van der Waals surface area (Å²) >= 11 is 0. The molecule has 0 fully saturated rings. The smallest absolute Gasteiger partial charge is 0.132 e. The van der Waals surface area contributed by atoms with Gasteiger partial charge in [0.2, 0.25) is 0 Å². The van der Waals surface area contributed by atoms with Crippen molar-refractivity contribution >= 4 is 5.69 Å². The quantitative estimate of drug-likeness (QED) is 0.432. The Morgan fingerprint density at radius 1 is 1.00 bits per heavy atom. The van der Waals surface area contributed by atoms with E-state index in [-0.39, 0.29) is 18.8 Å². The van der Waals surface area contributed by atoms with Crippen molar-refractivity contribution in [1.82, 2.24) is 0 Å². The molecule has 1 aliphatic heterocycles. The van der Waals surface area contributed by atoms with Gasteiger partial charge in [-0.25, -0.2) is 0 Å². The lowest BCUT2D eigenvalue weighted by Gasteiger charge is -2.44. The number of nitrogens with one attached hydrogen (secondary N) is 1. The van der Waals surface area contributed by atoms with Crippen molar-refractivity contribution in [1.29, 1.82) is 0 Å². The van der Waals surface area contributed by atoms with Gasteiger partial charge in [0.1, 0.15) is 30.2 Å². The maximum absolute atomic E-state index is 6.48. The van der Waals surface area contributed by atoms with E-state index < -0.39 is 5.60 Å². The largest absolute Gasteiger partial charge is 0.485 e. The van der Waals surface area contributed by atoms with E-state index in [1.807, 2.05) is 44.2 Å². The average molecular weight is 442 g/mol. The van der Waals surface area contributed by atoms with Crippen LogP contribution in [0.3, 0.4) is 0 Å². The minimum Gasteiger partial charge on any atom is -0.485 e. The molecule has 0 saturated heterocycles. The minimum atomic E-state index is -0.596. The fourth-order valence-electron chi connectivity index (χ4n) is 4.21. The molecule has 0 aliphatic carbocycles. The molecule has 1 heterocycles. The highest BCUT2D eigenvalue weighted by Gasteiger charge is 2.45. The number of aryl methyl sites for hydroxylation is 1. The van der Waals surface area contributed by atoms with Crippen LogP contribution in [0.5, 0.6) is 5.75 Å². The lowest BCUT2D eigenvalue weighted by atomic mass is 9.87. The molecule has 0 saturated carbocycles. The molecule has 1 aliphatic rings. The lowest BCUT2D eigenvalue weighted by Crippen LogP contribution is -2.51. The molecule has 33 heavy (non-hydrogen) atoms. The number of anilines is 1. The van der Waals surface area contributed by atoms with Gasteiger partial charge in [-0.1, -0.05) is 60.5 Å². The Hall–Kier alpha value is -3.26. The van der Waals surface area contributed by atoms with E-state index in [4.69, 9.17) is 20.6 Å². The Morgan fingerprint density at radius 2 is 1.76 bits per heavy atom. The van der Waals surface area contributed by atoms with Crippen molar-refractivity contribution in [2.24, 2.45) is 0 Å². The molecule has 0 radical (unpaired) electrons. The second-order valence-corrected chi connectivity index (χ2v) is 8.89. The molecule has 0 aromatic heterocycles. The summed E-state index contributed by atoms with van der Waals surface area (Å²) in [6.45, 7) is 7.56. The SMILES string of the molecule is C#CCOC1C(OCc2ccccc2)c2cc(NCc3ccccc3C)ccc2OC1(C)C. The maximum Gasteiger partial charge on any atom is 0.132 e. The molecule has 1 N–H and O–H groups in total. The summed E-state index contributed by atoms with van der Waals surface area (Å²) in [4.78, 5) is 0. The number of rotatable bonds is 8. The van der Waals surface area contributed by atoms with Crippen molar-refractivity contribution in [2.45, 2.75) is 51.7 Å². The minimum absolute atomic E-state index is 0.198. The van der Waals surface area contributed by atoms with Gasteiger partial charge >= 0.3 is 0 Å². The zero-order valence-corrected chi connectivity index (χ0v) is 19.5. The van der Waals surface area contributed by atoms with Crippen molar-refractivity contribution in [2.75, 3.05) is 11.9 Å². The van der Waals surface area contributed by atoms with E-state index in [0.29, 0.717) is 6.61 Å². The first kappa shape index (κ1) is 22.9. The zero-order chi connectivity index (χ0) is 23.3. The first-order valence-electron chi connectivity index (χ1n) is 11.3. The van der Waals surface area contributed by atoms with E-state index in [0.717, 1.165) is 29.1 Å². The van der Waals surface area contributed by atoms with Gasteiger partial charge in [-0.3, -0.25) is 0 Å². The van der Waals surface area contributed by atoms with E-state index in [2.05, 4.69) is 60.6 Å². The summed E-state index contributed by atoms with van der Waals surface area (Å²) in [6.07, 6.45) is 4.83. The topological polar surface area (TPSA) is 39.7 Å². The molecule has 4 nitrogen and oxygen atoms in total. The molecule has 4 rings (SSSR count). The van der Waals surface area contributed by atoms with Crippen molar-refractivity contribution in [3.05, 3.63) is 95.1 Å². The van der Waals surface area contributed by atoms with E-state index in [1.165, 1.54) is 11.1 Å². The summed E-state index contributed by atoms with van der Waals surface area (Å²) in [5, 5.41) is 3.54. The fourth-order valence-corrected chi connectivity index (χ4v) is 4.21. The van der Waals surface area contributed by atoms with Gasteiger partial charge in [-0.15, -0.1) is 6.42 Å².